The van der Waals surface area contributed by atoms with E-state index in [-0.39, 0.29) is 11.9 Å². The van der Waals surface area contributed by atoms with Gasteiger partial charge in [0, 0.05) is 5.39 Å². The van der Waals surface area contributed by atoms with Crippen LogP contribution in [0.1, 0.15) is 20.3 Å². The minimum atomic E-state index is -0.566. The molecule has 0 heterocycles. The van der Waals surface area contributed by atoms with Gasteiger partial charge in [-0.2, -0.15) is 0 Å². The fraction of sp³-hybridized carbons (Fsp3) is 0.292. The van der Waals surface area contributed by atoms with Gasteiger partial charge >= 0.3 is 0 Å². The summed E-state index contributed by atoms with van der Waals surface area (Å²) in [5.74, 6) is 2.07. The Labute approximate surface area is 171 Å². The maximum atomic E-state index is 12.7. The molecule has 2 atom stereocenters. The van der Waals surface area contributed by atoms with Gasteiger partial charge in [0.15, 0.2) is 6.10 Å². The lowest BCUT2D eigenvalue weighted by molar-refractivity contribution is -0.128. The largest absolute Gasteiger partial charge is 0.497 e. The molecule has 0 radical (unpaired) electrons. The third-order valence-electron chi connectivity index (χ3n) is 4.63. The van der Waals surface area contributed by atoms with Crippen LogP contribution in [-0.4, -0.2) is 31.8 Å². The molecule has 0 aliphatic heterocycles. The summed E-state index contributed by atoms with van der Waals surface area (Å²) in [6, 6.07) is 21.0. The number of ether oxygens (including phenoxy) is 3. The van der Waals surface area contributed by atoms with Crippen molar-refractivity contribution < 1.29 is 19.0 Å². The van der Waals surface area contributed by atoms with E-state index in [0.29, 0.717) is 18.8 Å². The van der Waals surface area contributed by atoms with Crippen molar-refractivity contribution in [1.82, 2.24) is 5.32 Å². The number of methoxy groups -OCH3 is 1. The second kappa shape index (κ2) is 9.82. The molecule has 0 saturated heterocycles. The van der Waals surface area contributed by atoms with E-state index in [2.05, 4.69) is 5.32 Å². The molecular formula is C24H27NO4. The topological polar surface area (TPSA) is 56.8 Å². The van der Waals surface area contributed by atoms with Crippen molar-refractivity contribution in [3.63, 3.8) is 0 Å². The highest BCUT2D eigenvalue weighted by Gasteiger charge is 2.21. The average Bonchev–Trinajstić information content (AvgIpc) is 2.76. The van der Waals surface area contributed by atoms with Gasteiger partial charge in [-0.1, -0.05) is 43.3 Å². The van der Waals surface area contributed by atoms with Crippen molar-refractivity contribution in [2.75, 3.05) is 13.7 Å². The van der Waals surface area contributed by atoms with E-state index in [1.165, 1.54) is 0 Å². The first-order valence-electron chi connectivity index (χ1n) is 9.82. The molecule has 0 spiro atoms. The van der Waals surface area contributed by atoms with Gasteiger partial charge in [-0.05, 0) is 49.1 Å². The quantitative estimate of drug-likeness (QED) is 0.578. The number of benzene rings is 3. The third kappa shape index (κ3) is 5.41. The van der Waals surface area contributed by atoms with Gasteiger partial charge < -0.3 is 19.5 Å². The molecule has 0 fully saturated rings. The van der Waals surface area contributed by atoms with Crippen molar-refractivity contribution in [2.24, 2.45) is 0 Å². The number of nitrogens with one attached hydrogen (secondary N) is 1. The average molecular weight is 393 g/mol. The lowest BCUT2D eigenvalue weighted by atomic mass is 10.1. The zero-order valence-electron chi connectivity index (χ0n) is 17.1. The van der Waals surface area contributed by atoms with Crippen LogP contribution in [0.25, 0.3) is 10.8 Å². The Morgan fingerprint density at radius 3 is 2.38 bits per heavy atom. The van der Waals surface area contributed by atoms with Gasteiger partial charge in [0.25, 0.3) is 5.91 Å². The Morgan fingerprint density at radius 1 is 0.966 bits per heavy atom. The lowest BCUT2D eigenvalue weighted by Crippen LogP contribution is -2.44. The predicted octanol–water partition coefficient (Wildman–Crippen LogP) is 4.59. The van der Waals surface area contributed by atoms with Crippen LogP contribution in [0.4, 0.5) is 0 Å². The molecule has 0 bridgehead atoms. The second-order valence-electron chi connectivity index (χ2n) is 6.89. The van der Waals surface area contributed by atoms with Gasteiger partial charge in [-0.3, -0.25) is 4.79 Å². The molecule has 5 nitrogen and oxygen atoms in total. The lowest BCUT2D eigenvalue weighted by Gasteiger charge is -2.21. The van der Waals surface area contributed by atoms with E-state index < -0.39 is 6.10 Å². The minimum absolute atomic E-state index is 0.147. The Balaban J connectivity index is 1.57. The minimum Gasteiger partial charge on any atom is -0.497 e. The van der Waals surface area contributed by atoms with Crippen LogP contribution >= 0.6 is 0 Å². The smallest absolute Gasteiger partial charge is 0.261 e. The first-order chi connectivity index (χ1) is 14.1. The molecular weight excluding hydrogens is 366 g/mol. The molecule has 0 aromatic heterocycles. The van der Waals surface area contributed by atoms with E-state index in [0.717, 1.165) is 22.3 Å². The van der Waals surface area contributed by atoms with Gasteiger partial charge in [-0.25, -0.2) is 0 Å². The first kappa shape index (κ1) is 20.5. The highest BCUT2D eigenvalue weighted by Crippen LogP contribution is 2.26. The number of rotatable bonds is 9. The van der Waals surface area contributed by atoms with Gasteiger partial charge in [0.05, 0.1) is 13.2 Å². The maximum absolute atomic E-state index is 12.7. The predicted molar refractivity (Wildman–Crippen MR) is 115 cm³/mol. The molecule has 3 aromatic rings. The molecule has 152 valence electrons. The molecule has 1 amide bonds. The zero-order valence-corrected chi connectivity index (χ0v) is 17.1. The molecule has 5 heteroatoms. The standard InChI is InChI=1S/C24H27NO4/c1-4-22(29-23-11-7-9-18-8-5-6-10-21(18)23)24(26)25-17(2)16-28-20-14-12-19(27-3)13-15-20/h5-15,17,22H,4,16H2,1-3H3,(H,25,26)/t17-,22-/m1/s1. The summed E-state index contributed by atoms with van der Waals surface area (Å²) in [5, 5.41) is 5.06. The van der Waals surface area contributed by atoms with Crippen LogP contribution in [0.15, 0.2) is 66.7 Å². The van der Waals surface area contributed by atoms with Gasteiger partial charge in [0.1, 0.15) is 23.9 Å². The van der Waals surface area contributed by atoms with Crippen LogP contribution in [0.3, 0.4) is 0 Å². The Kier molecular flexibility index (Phi) is 6.95. The molecule has 29 heavy (non-hydrogen) atoms. The van der Waals surface area contributed by atoms with E-state index >= 15 is 0 Å². The number of fused-ring (bicyclic) bond motifs is 1. The van der Waals surface area contributed by atoms with E-state index in [9.17, 15) is 4.79 Å². The molecule has 0 saturated carbocycles. The summed E-state index contributed by atoms with van der Waals surface area (Å²) in [7, 11) is 1.62. The summed E-state index contributed by atoms with van der Waals surface area (Å²) < 4.78 is 16.9. The number of carbonyl (C=O) groups is 1. The van der Waals surface area contributed by atoms with Gasteiger partial charge in [-0.15, -0.1) is 0 Å². The van der Waals surface area contributed by atoms with Crippen molar-refractivity contribution >= 4 is 16.7 Å². The Hall–Kier alpha value is -3.21. The van der Waals surface area contributed by atoms with Crippen molar-refractivity contribution in [3.05, 3.63) is 66.7 Å². The normalized spacial score (nSPS) is 12.8. The van der Waals surface area contributed by atoms with Crippen molar-refractivity contribution in [1.29, 1.82) is 0 Å². The van der Waals surface area contributed by atoms with Crippen LogP contribution in [0.5, 0.6) is 17.2 Å². The van der Waals surface area contributed by atoms with Crippen LogP contribution in [0, 0.1) is 0 Å². The van der Waals surface area contributed by atoms with Gasteiger partial charge in [0.2, 0.25) is 0 Å². The van der Waals surface area contributed by atoms with E-state index in [1.807, 2.05) is 80.6 Å². The molecule has 0 aliphatic carbocycles. The number of hydrogen-bond acceptors (Lipinski definition) is 4. The Bertz CT molecular complexity index is 934. The van der Waals surface area contributed by atoms with Crippen molar-refractivity contribution in [2.45, 2.75) is 32.4 Å². The van der Waals surface area contributed by atoms with E-state index in [1.54, 1.807) is 7.11 Å². The monoisotopic (exact) mass is 393 g/mol. The van der Waals surface area contributed by atoms with Crippen LogP contribution in [0.2, 0.25) is 0 Å². The number of carbonyl (C=O) groups excluding carboxylic acids is 1. The molecule has 0 unspecified atom stereocenters. The molecule has 3 rings (SSSR count). The Morgan fingerprint density at radius 2 is 1.66 bits per heavy atom. The van der Waals surface area contributed by atoms with E-state index in [4.69, 9.17) is 14.2 Å². The number of hydrogen-bond donors (Lipinski definition) is 1. The summed E-state index contributed by atoms with van der Waals surface area (Å²) in [5.41, 5.74) is 0. The fourth-order valence-corrected chi connectivity index (χ4v) is 3.04. The molecule has 0 aliphatic rings. The number of amides is 1. The summed E-state index contributed by atoms with van der Waals surface area (Å²) in [4.78, 5) is 12.7. The molecule has 1 N–H and O–H groups in total. The van der Waals surface area contributed by atoms with Crippen LogP contribution in [-0.2, 0) is 4.79 Å². The highest BCUT2D eigenvalue weighted by atomic mass is 16.5. The first-order valence-corrected chi connectivity index (χ1v) is 9.82. The highest BCUT2D eigenvalue weighted by molar-refractivity contribution is 5.89. The SMILES string of the molecule is CC[C@@H](Oc1cccc2ccccc12)C(=O)N[C@H](C)COc1ccc(OC)cc1. The van der Waals surface area contributed by atoms with Crippen LogP contribution < -0.4 is 19.5 Å². The maximum Gasteiger partial charge on any atom is 0.261 e. The van der Waals surface area contributed by atoms with Crippen molar-refractivity contribution in [3.8, 4) is 17.2 Å². The second-order valence-corrected chi connectivity index (χ2v) is 6.89. The summed E-state index contributed by atoms with van der Waals surface area (Å²) in [6.45, 7) is 4.21. The summed E-state index contributed by atoms with van der Waals surface area (Å²) in [6.07, 6.45) is 0.00503. The fourth-order valence-electron chi connectivity index (χ4n) is 3.04. The third-order valence-corrected chi connectivity index (χ3v) is 4.63. The summed E-state index contributed by atoms with van der Waals surface area (Å²) >= 11 is 0. The molecule has 3 aromatic carbocycles. The zero-order chi connectivity index (χ0) is 20.6.